The molecule has 1 unspecified atom stereocenters. The second-order valence-corrected chi connectivity index (χ2v) is 12.2. The van der Waals surface area contributed by atoms with E-state index in [1.54, 1.807) is 12.4 Å². The van der Waals surface area contributed by atoms with Gasteiger partial charge in [0.15, 0.2) is 0 Å². The molecule has 0 aliphatic rings. The number of nitrogens with zero attached hydrogens (tertiary/aromatic N) is 1. The van der Waals surface area contributed by atoms with Gasteiger partial charge in [0, 0.05) is 12.4 Å². The van der Waals surface area contributed by atoms with E-state index in [4.69, 9.17) is 16.0 Å². The molecule has 0 aliphatic carbocycles. The number of halogens is 1. The Bertz CT molecular complexity index is 622. The third-order valence-corrected chi connectivity index (χ3v) is 9.17. The first-order valence-corrected chi connectivity index (χ1v) is 10.9. The summed E-state index contributed by atoms with van der Waals surface area (Å²) in [7, 11) is -1.84. The lowest BCUT2D eigenvalue weighted by atomic mass is 10.1. The third-order valence-electron chi connectivity index (χ3n) is 4.31. The minimum atomic E-state index is -1.84. The van der Waals surface area contributed by atoms with E-state index >= 15 is 0 Å². The first kappa shape index (κ1) is 17.0. The molecule has 0 saturated carbocycles. The lowest BCUT2D eigenvalue weighted by Crippen LogP contribution is -2.43. The van der Waals surface area contributed by atoms with Crippen LogP contribution in [0.25, 0.3) is 0 Å². The highest BCUT2D eigenvalue weighted by atomic mass is 35.5. The van der Waals surface area contributed by atoms with Gasteiger partial charge in [-0.1, -0.05) is 39.0 Å². The van der Waals surface area contributed by atoms with Crippen molar-refractivity contribution in [3.05, 3.63) is 59.9 Å². The van der Waals surface area contributed by atoms with E-state index < -0.39 is 8.32 Å². The summed E-state index contributed by atoms with van der Waals surface area (Å²) < 4.78 is 6.36. The van der Waals surface area contributed by atoms with E-state index in [0.717, 1.165) is 16.9 Å². The zero-order valence-electron chi connectivity index (χ0n) is 13.9. The van der Waals surface area contributed by atoms with E-state index in [2.05, 4.69) is 38.8 Å². The van der Waals surface area contributed by atoms with Crippen LogP contribution in [0.1, 0.15) is 37.3 Å². The van der Waals surface area contributed by atoms with Crippen molar-refractivity contribution in [2.45, 2.75) is 44.3 Å². The second kappa shape index (κ2) is 6.43. The van der Waals surface area contributed by atoms with Crippen molar-refractivity contribution in [3.8, 4) is 5.75 Å². The van der Waals surface area contributed by atoms with E-state index in [1.165, 1.54) is 0 Å². The van der Waals surface area contributed by atoms with Gasteiger partial charge in [0.1, 0.15) is 5.75 Å². The first-order chi connectivity index (χ1) is 10.2. The Labute approximate surface area is 139 Å². The molecular formula is C18H24ClNOSi. The summed E-state index contributed by atoms with van der Waals surface area (Å²) in [6.45, 7) is 11.2. The smallest absolute Gasteiger partial charge is 0.250 e. The summed E-state index contributed by atoms with van der Waals surface area (Å²) in [5.74, 6) is 0.902. The number of alkyl halides is 1. The zero-order valence-corrected chi connectivity index (χ0v) is 15.7. The van der Waals surface area contributed by atoms with Gasteiger partial charge in [-0.25, -0.2) is 0 Å². The molecule has 0 saturated heterocycles. The number of pyridine rings is 1. The number of rotatable bonds is 4. The Morgan fingerprint density at radius 3 is 2.36 bits per heavy atom. The number of aromatic nitrogens is 1. The average Bonchev–Trinajstić information content (AvgIpc) is 2.46. The van der Waals surface area contributed by atoms with Gasteiger partial charge >= 0.3 is 0 Å². The van der Waals surface area contributed by atoms with Gasteiger partial charge in [0.25, 0.3) is 0 Å². The van der Waals surface area contributed by atoms with Gasteiger partial charge < -0.3 is 4.43 Å². The van der Waals surface area contributed by atoms with Crippen molar-refractivity contribution in [3.63, 3.8) is 0 Å². The Kier molecular flexibility index (Phi) is 4.98. The standard InChI is InChI=1S/C18H24ClNOSi/c1-18(2,3)22(4,5)21-16-10-6-8-14(12-16)17(19)15-9-7-11-20-13-15/h6-13,17H,1-5H3. The molecule has 4 heteroatoms. The molecular weight excluding hydrogens is 310 g/mol. The van der Waals surface area contributed by atoms with Crippen LogP contribution in [-0.2, 0) is 0 Å². The van der Waals surface area contributed by atoms with Gasteiger partial charge in [-0.05, 0) is 47.5 Å². The highest BCUT2D eigenvalue weighted by Gasteiger charge is 2.39. The quantitative estimate of drug-likeness (QED) is 0.521. The predicted molar refractivity (Wildman–Crippen MR) is 96.2 cm³/mol. The van der Waals surface area contributed by atoms with Crippen molar-refractivity contribution in [2.24, 2.45) is 0 Å². The van der Waals surface area contributed by atoms with Gasteiger partial charge in [0.2, 0.25) is 8.32 Å². The molecule has 0 amide bonds. The van der Waals surface area contributed by atoms with Crippen molar-refractivity contribution >= 4 is 19.9 Å². The Hall–Kier alpha value is -1.32. The molecule has 2 aromatic rings. The lowest BCUT2D eigenvalue weighted by molar-refractivity contribution is 0.491. The topological polar surface area (TPSA) is 22.1 Å². The van der Waals surface area contributed by atoms with E-state index in [-0.39, 0.29) is 10.4 Å². The van der Waals surface area contributed by atoms with E-state index in [9.17, 15) is 0 Å². The van der Waals surface area contributed by atoms with Crippen molar-refractivity contribution in [1.29, 1.82) is 0 Å². The molecule has 0 radical (unpaired) electrons. The van der Waals surface area contributed by atoms with E-state index in [0.29, 0.717) is 0 Å². The molecule has 0 fully saturated rings. The highest BCUT2D eigenvalue weighted by molar-refractivity contribution is 6.74. The van der Waals surface area contributed by atoms with Crippen molar-refractivity contribution in [1.82, 2.24) is 4.98 Å². The molecule has 2 nitrogen and oxygen atoms in total. The summed E-state index contributed by atoms with van der Waals surface area (Å²) in [6, 6.07) is 12.0. The van der Waals surface area contributed by atoms with Gasteiger partial charge in [0.05, 0.1) is 5.38 Å². The predicted octanol–water partition coefficient (Wildman–Crippen LogP) is 5.79. The molecule has 1 aromatic heterocycles. The van der Waals surface area contributed by atoms with Crippen LogP contribution in [0, 0.1) is 0 Å². The third kappa shape index (κ3) is 3.90. The summed E-state index contributed by atoms with van der Waals surface area (Å²) in [4.78, 5) is 4.14. The summed E-state index contributed by atoms with van der Waals surface area (Å²) in [5.41, 5.74) is 2.03. The fourth-order valence-electron chi connectivity index (χ4n) is 1.90. The first-order valence-electron chi connectivity index (χ1n) is 7.54. The van der Waals surface area contributed by atoms with Crippen LogP contribution < -0.4 is 4.43 Å². The van der Waals surface area contributed by atoms with Crippen molar-refractivity contribution < 1.29 is 4.43 Å². The molecule has 1 aromatic carbocycles. The minimum Gasteiger partial charge on any atom is -0.543 e. The summed E-state index contributed by atoms with van der Waals surface area (Å²) >= 11 is 6.58. The molecule has 22 heavy (non-hydrogen) atoms. The van der Waals surface area contributed by atoms with Crippen molar-refractivity contribution in [2.75, 3.05) is 0 Å². The normalized spacial score (nSPS) is 13.7. The molecule has 118 valence electrons. The molecule has 0 N–H and O–H groups in total. The molecule has 0 aliphatic heterocycles. The zero-order chi connectivity index (χ0) is 16.4. The van der Waals surface area contributed by atoms with Gasteiger partial charge in [-0.3, -0.25) is 4.98 Å². The Morgan fingerprint density at radius 1 is 1.09 bits per heavy atom. The number of benzene rings is 1. The molecule has 1 atom stereocenters. The molecule has 0 bridgehead atoms. The Balaban J connectivity index is 2.24. The summed E-state index contributed by atoms with van der Waals surface area (Å²) in [5, 5.41) is -0.0381. The Morgan fingerprint density at radius 2 is 1.77 bits per heavy atom. The highest BCUT2D eigenvalue weighted by Crippen LogP contribution is 2.38. The molecule has 0 spiro atoms. The lowest BCUT2D eigenvalue weighted by Gasteiger charge is -2.36. The van der Waals surface area contributed by atoms with Crippen LogP contribution >= 0.6 is 11.6 Å². The van der Waals surface area contributed by atoms with Crippen LogP contribution in [0.5, 0.6) is 5.75 Å². The maximum absolute atomic E-state index is 6.58. The maximum Gasteiger partial charge on any atom is 0.250 e. The largest absolute Gasteiger partial charge is 0.543 e. The van der Waals surface area contributed by atoms with E-state index in [1.807, 2.05) is 36.4 Å². The number of hydrogen-bond acceptors (Lipinski definition) is 2. The minimum absolute atomic E-state index is 0.173. The monoisotopic (exact) mass is 333 g/mol. The van der Waals surface area contributed by atoms with Gasteiger partial charge in [-0.15, -0.1) is 11.6 Å². The van der Waals surface area contributed by atoms with Crippen LogP contribution in [0.4, 0.5) is 0 Å². The fourth-order valence-corrected chi connectivity index (χ4v) is 3.19. The van der Waals surface area contributed by atoms with Gasteiger partial charge in [-0.2, -0.15) is 0 Å². The molecule has 2 rings (SSSR count). The van der Waals surface area contributed by atoms with Crippen LogP contribution in [0.15, 0.2) is 48.8 Å². The van der Waals surface area contributed by atoms with Crippen LogP contribution in [0.3, 0.4) is 0 Å². The summed E-state index contributed by atoms with van der Waals surface area (Å²) in [6.07, 6.45) is 3.56. The average molecular weight is 334 g/mol. The fraction of sp³-hybridized carbons (Fsp3) is 0.389. The maximum atomic E-state index is 6.58. The van der Waals surface area contributed by atoms with Crippen LogP contribution in [-0.4, -0.2) is 13.3 Å². The SMILES string of the molecule is CC(C)(C)[Si](C)(C)Oc1cccc(C(Cl)c2cccnc2)c1. The van der Waals surface area contributed by atoms with Crippen LogP contribution in [0.2, 0.25) is 18.1 Å². The molecule has 1 heterocycles. The number of hydrogen-bond donors (Lipinski definition) is 0. The second-order valence-electron chi connectivity index (χ2n) is 7.08.